The Kier molecular flexibility index (Phi) is 5.31. The molecule has 1 aromatic carbocycles. The summed E-state index contributed by atoms with van der Waals surface area (Å²) < 4.78 is 14.1. The van der Waals surface area contributed by atoms with Crippen LogP contribution in [0.3, 0.4) is 0 Å². The Morgan fingerprint density at radius 2 is 1.95 bits per heavy atom. The van der Waals surface area contributed by atoms with E-state index in [0.717, 1.165) is 26.1 Å². The lowest BCUT2D eigenvalue weighted by Crippen LogP contribution is -2.42. The normalized spacial score (nSPS) is 19.9. The molecule has 0 spiro atoms. The lowest BCUT2D eigenvalue weighted by atomic mass is 9.98. The van der Waals surface area contributed by atoms with Crippen molar-refractivity contribution in [3.63, 3.8) is 0 Å². The molecule has 1 saturated heterocycles. The molecule has 1 aliphatic rings. The van der Waals surface area contributed by atoms with Gasteiger partial charge in [-0.3, -0.25) is 9.69 Å². The molecule has 4 nitrogen and oxygen atoms in total. The fourth-order valence-electron chi connectivity index (χ4n) is 3.06. The fraction of sp³-hybridized carbons (Fsp3) is 0.562. The number of carbonyl (C=O) groups excluding carboxylic acids is 1. The minimum Gasteiger partial charge on any atom is -0.342 e. The van der Waals surface area contributed by atoms with Crippen LogP contribution >= 0.6 is 0 Å². The average molecular weight is 293 g/mol. The quantitative estimate of drug-likeness (QED) is 0.924. The monoisotopic (exact) mass is 293 g/mol. The summed E-state index contributed by atoms with van der Waals surface area (Å²) in [6, 6.07) is 6.48. The van der Waals surface area contributed by atoms with Gasteiger partial charge in [0.15, 0.2) is 0 Å². The summed E-state index contributed by atoms with van der Waals surface area (Å²) >= 11 is 0. The van der Waals surface area contributed by atoms with Gasteiger partial charge in [0.25, 0.3) is 0 Å². The third-order valence-corrected chi connectivity index (χ3v) is 4.09. The predicted molar refractivity (Wildman–Crippen MR) is 81.2 cm³/mol. The van der Waals surface area contributed by atoms with Crippen molar-refractivity contribution >= 4 is 5.91 Å². The summed E-state index contributed by atoms with van der Waals surface area (Å²) in [4.78, 5) is 15.6. The molecule has 1 aromatic rings. The number of carbonyl (C=O) groups is 1. The first-order chi connectivity index (χ1) is 10.0. The van der Waals surface area contributed by atoms with Gasteiger partial charge in [0.1, 0.15) is 5.82 Å². The largest absolute Gasteiger partial charge is 0.342 e. The number of hydrogen-bond donors (Lipinski definition) is 1. The molecule has 21 heavy (non-hydrogen) atoms. The summed E-state index contributed by atoms with van der Waals surface area (Å²) in [5.41, 5.74) is 6.77. The van der Waals surface area contributed by atoms with Crippen molar-refractivity contribution in [2.24, 2.45) is 5.73 Å². The van der Waals surface area contributed by atoms with E-state index in [0.29, 0.717) is 12.1 Å². The van der Waals surface area contributed by atoms with Crippen LogP contribution in [-0.2, 0) is 4.79 Å². The second-order valence-electron chi connectivity index (χ2n) is 5.72. The molecule has 0 saturated carbocycles. The predicted octanol–water partition coefficient (Wildman–Crippen LogP) is 1.77. The standard InChI is InChI=1S/C16H24FN3O/c1-12(18)16(14-6-3-4-7-15(14)17)20-9-5-8-19(10-11-20)13(2)21/h3-4,6-7,12,16H,5,8-11,18H2,1-2H3. The minimum absolute atomic E-state index is 0.0973. The molecule has 116 valence electrons. The Balaban J connectivity index is 2.19. The number of amides is 1. The van der Waals surface area contributed by atoms with Crippen LogP contribution < -0.4 is 5.73 Å². The van der Waals surface area contributed by atoms with Crippen molar-refractivity contribution in [2.75, 3.05) is 26.2 Å². The molecule has 2 N–H and O–H groups in total. The van der Waals surface area contributed by atoms with Crippen molar-refractivity contribution in [3.8, 4) is 0 Å². The molecule has 1 aliphatic heterocycles. The Morgan fingerprint density at radius 1 is 1.24 bits per heavy atom. The zero-order valence-corrected chi connectivity index (χ0v) is 12.8. The smallest absolute Gasteiger partial charge is 0.219 e. The molecular weight excluding hydrogens is 269 g/mol. The number of benzene rings is 1. The van der Waals surface area contributed by atoms with Crippen molar-refractivity contribution in [2.45, 2.75) is 32.4 Å². The molecule has 0 bridgehead atoms. The summed E-state index contributed by atoms with van der Waals surface area (Å²) in [6.45, 7) is 6.48. The molecular formula is C16H24FN3O. The van der Waals surface area contributed by atoms with E-state index in [4.69, 9.17) is 5.73 Å². The van der Waals surface area contributed by atoms with Gasteiger partial charge < -0.3 is 10.6 Å². The number of rotatable bonds is 3. The van der Waals surface area contributed by atoms with E-state index in [1.807, 2.05) is 17.9 Å². The zero-order chi connectivity index (χ0) is 15.4. The molecule has 0 radical (unpaired) electrons. The van der Waals surface area contributed by atoms with E-state index in [-0.39, 0.29) is 23.8 Å². The van der Waals surface area contributed by atoms with Gasteiger partial charge in [-0.05, 0) is 19.4 Å². The van der Waals surface area contributed by atoms with Crippen LogP contribution in [0.1, 0.15) is 31.9 Å². The molecule has 1 amide bonds. The third-order valence-electron chi connectivity index (χ3n) is 4.09. The highest BCUT2D eigenvalue weighted by molar-refractivity contribution is 5.73. The van der Waals surface area contributed by atoms with Gasteiger partial charge in [-0.1, -0.05) is 18.2 Å². The van der Waals surface area contributed by atoms with E-state index in [1.165, 1.54) is 6.07 Å². The summed E-state index contributed by atoms with van der Waals surface area (Å²) in [6.07, 6.45) is 0.886. The van der Waals surface area contributed by atoms with E-state index in [2.05, 4.69) is 4.90 Å². The highest BCUT2D eigenvalue weighted by Crippen LogP contribution is 2.27. The molecule has 1 heterocycles. The molecule has 2 rings (SSSR count). The lowest BCUT2D eigenvalue weighted by molar-refractivity contribution is -0.128. The SMILES string of the molecule is CC(=O)N1CCCN(C(c2ccccc2F)C(C)N)CC1. The average Bonchev–Trinajstić information content (AvgIpc) is 2.67. The van der Waals surface area contributed by atoms with Crippen LogP contribution in [0.5, 0.6) is 0 Å². The highest BCUT2D eigenvalue weighted by atomic mass is 19.1. The summed E-state index contributed by atoms with van der Waals surface area (Å²) in [7, 11) is 0. The fourth-order valence-corrected chi connectivity index (χ4v) is 3.06. The minimum atomic E-state index is -0.215. The molecule has 2 unspecified atom stereocenters. The van der Waals surface area contributed by atoms with Crippen molar-refractivity contribution in [1.82, 2.24) is 9.80 Å². The van der Waals surface area contributed by atoms with E-state index in [9.17, 15) is 9.18 Å². The maximum atomic E-state index is 14.1. The van der Waals surface area contributed by atoms with Crippen LogP contribution in [0.15, 0.2) is 24.3 Å². The number of hydrogen-bond acceptors (Lipinski definition) is 3. The summed E-state index contributed by atoms with van der Waals surface area (Å²) in [5, 5.41) is 0. The van der Waals surface area contributed by atoms with Crippen LogP contribution in [0, 0.1) is 5.82 Å². The van der Waals surface area contributed by atoms with Gasteiger partial charge >= 0.3 is 0 Å². The number of nitrogens with zero attached hydrogens (tertiary/aromatic N) is 2. The Hall–Kier alpha value is -1.46. The van der Waals surface area contributed by atoms with Crippen molar-refractivity contribution in [3.05, 3.63) is 35.6 Å². The highest BCUT2D eigenvalue weighted by Gasteiger charge is 2.28. The zero-order valence-electron chi connectivity index (χ0n) is 12.8. The Morgan fingerprint density at radius 3 is 2.57 bits per heavy atom. The van der Waals surface area contributed by atoms with E-state index in [1.54, 1.807) is 19.1 Å². The van der Waals surface area contributed by atoms with Crippen LogP contribution in [0.25, 0.3) is 0 Å². The maximum Gasteiger partial charge on any atom is 0.219 e. The first kappa shape index (κ1) is 15.9. The van der Waals surface area contributed by atoms with Gasteiger partial charge in [0, 0.05) is 44.7 Å². The van der Waals surface area contributed by atoms with Crippen LogP contribution in [0.2, 0.25) is 0 Å². The topological polar surface area (TPSA) is 49.6 Å². The van der Waals surface area contributed by atoms with Crippen LogP contribution in [0.4, 0.5) is 4.39 Å². The molecule has 0 aliphatic carbocycles. The maximum absolute atomic E-state index is 14.1. The first-order valence-electron chi connectivity index (χ1n) is 7.50. The Labute approximate surface area is 125 Å². The number of halogens is 1. The molecule has 0 aromatic heterocycles. The number of nitrogens with two attached hydrogens (primary N) is 1. The van der Waals surface area contributed by atoms with Crippen LogP contribution in [-0.4, -0.2) is 47.9 Å². The first-order valence-corrected chi connectivity index (χ1v) is 7.50. The summed E-state index contributed by atoms with van der Waals surface area (Å²) in [5.74, 6) is -0.118. The molecule has 1 fully saturated rings. The van der Waals surface area contributed by atoms with Gasteiger partial charge in [-0.15, -0.1) is 0 Å². The lowest BCUT2D eigenvalue weighted by Gasteiger charge is -2.34. The molecule has 2 atom stereocenters. The van der Waals surface area contributed by atoms with Gasteiger partial charge in [-0.25, -0.2) is 4.39 Å². The second-order valence-corrected chi connectivity index (χ2v) is 5.72. The van der Waals surface area contributed by atoms with Crippen molar-refractivity contribution < 1.29 is 9.18 Å². The van der Waals surface area contributed by atoms with E-state index >= 15 is 0 Å². The third kappa shape index (κ3) is 3.80. The molecule has 5 heteroatoms. The Bertz CT molecular complexity index is 492. The van der Waals surface area contributed by atoms with E-state index < -0.39 is 0 Å². The van der Waals surface area contributed by atoms with Crippen molar-refractivity contribution in [1.29, 1.82) is 0 Å². The van der Waals surface area contributed by atoms with Gasteiger partial charge in [0.2, 0.25) is 5.91 Å². The van der Waals surface area contributed by atoms with Gasteiger partial charge in [0.05, 0.1) is 6.04 Å². The van der Waals surface area contributed by atoms with Gasteiger partial charge in [-0.2, -0.15) is 0 Å². The second kappa shape index (κ2) is 7.00.